The van der Waals surface area contributed by atoms with Crippen molar-refractivity contribution in [3.8, 4) is 17.2 Å². The molecule has 0 aliphatic carbocycles. The molecule has 0 spiro atoms. The van der Waals surface area contributed by atoms with Gasteiger partial charge < -0.3 is 18.9 Å². The van der Waals surface area contributed by atoms with Gasteiger partial charge in [0.1, 0.15) is 17.2 Å². The average Bonchev–Trinajstić information content (AvgIpc) is 2.66. The van der Waals surface area contributed by atoms with Gasteiger partial charge in [-0.25, -0.2) is 4.79 Å². The fraction of sp³-hybridized carbons (Fsp3) is 0.263. The SMILES string of the molecule is COc1ccc(OC(C)C(=O)OCC(=O)c2ccc(OC)c(Cl)c2)cc1. The van der Waals surface area contributed by atoms with Gasteiger partial charge in [-0.15, -0.1) is 0 Å². The molecule has 0 aliphatic rings. The smallest absolute Gasteiger partial charge is 0.347 e. The highest BCUT2D eigenvalue weighted by molar-refractivity contribution is 6.32. The monoisotopic (exact) mass is 378 g/mol. The number of methoxy groups -OCH3 is 2. The topological polar surface area (TPSA) is 71.1 Å². The molecule has 6 nitrogen and oxygen atoms in total. The highest BCUT2D eigenvalue weighted by atomic mass is 35.5. The van der Waals surface area contributed by atoms with Crippen LogP contribution < -0.4 is 14.2 Å². The molecule has 0 fully saturated rings. The normalized spacial score (nSPS) is 11.4. The van der Waals surface area contributed by atoms with Crippen LogP contribution in [0.2, 0.25) is 5.02 Å². The van der Waals surface area contributed by atoms with Gasteiger partial charge in [0.2, 0.25) is 0 Å². The summed E-state index contributed by atoms with van der Waals surface area (Å²) in [6.07, 6.45) is -0.865. The number of ether oxygens (including phenoxy) is 4. The third kappa shape index (κ3) is 5.13. The molecule has 1 atom stereocenters. The molecule has 2 aromatic carbocycles. The summed E-state index contributed by atoms with van der Waals surface area (Å²) < 4.78 is 20.6. The van der Waals surface area contributed by atoms with Crippen LogP contribution in [0.15, 0.2) is 42.5 Å². The van der Waals surface area contributed by atoms with Crippen molar-refractivity contribution in [3.05, 3.63) is 53.1 Å². The van der Waals surface area contributed by atoms with Gasteiger partial charge in [-0.1, -0.05) is 11.6 Å². The fourth-order valence-corrected chi connectivity index (χ4v) is 2.34. The van der Waals surface area contributed by atoms with Crippen molar-refractivity contribution in [3.63, 3.8) is 0 Å². The maximum absolute atomic E-state index is 12.1. The zero-order valence-corrected chi connectivity index (χ0v) is 15.4. The molecule has 7 heteroatoms. The van der Waals surface area contributed by atoms with E-state index in [0.717, 1.165) is 0 Å². The molecule has 138 valence electrons. The maximum Gasteiger partial charge on any atom is 0.347 e. The predicted molar refractivity (Wildman–Crippen MR) is 96.4 cm³/mol. The summed E-state index contributed by atoms with van der Waals surface area (Å²) in [6.45, 7) is 1.14. The number of hydrogen-bond acceptors (Lipinski definition) is 6. The number of carbonyl (C=O) groups excluding carboxylic acids is 2. The van der Waals surface area contributed by atoms with Crippen LogP contribution in [0.5, 0.6) is 17.2 Å². The molecule has 0 saturated carbocycles. The molecule has 2 aromatic rings. The van der Waals surface area contributed by atoms with E-state index in [9.17, 15) is 9.59 Å². The van der Waals surface area contributed by atoms with Gasteiger partial charge in [0, 0.05) is 5.56 Å². The third-order valence-electron chi connectivity index (χ3n) is 3.52. The zero-order chi connectivity index (χ0) is 19.1. The Bertz CT molecular complexity index is 772. The molecule has 0 bridgehead atoms. The van der Waals surface area contributed by atoms with E-state index in [0.29, 0.717) is 27.8 Å². The van der Waals surface area contributed by atoms with Gasteiger partial charge in [-0.2, -0.15) is 0 Å². The van der Waals surface area contributed by atoms with Gasteiger partial charge in [0.15, 0.2) is 18.5 Å². The summed E-state index contributed by atoms with van der Waals surface area (Å²) in [5.41, 5.74) is 0.326. The first-order valence-corrected chi connectivity index (χ1v) is 8.16. The number of esters is 1. The third-order valence-corrected chi connectivity index (χ3v) is 3.82. The lowest BCUT2D eigenvalue weighted by molar-refractivity contribution is -0.149. The first-order valence-electron chi connectivity index (χ1n) is 7.78. The van der Waals surface area contributed by atoms with Crippen molar-refractivity contribution >= 4 is 23.4 Å². The molecule has 0 N–H and O–H groups in total. The number of benzene rings is 2. The first-order chi connectivity index (χ1) is 12.4. The summed E-state index contributed by atoms with van der Waals surface area (Å²) in [7, 11) is 3.04. The second kappa shape index (κ2) is 9.10. The molecule has 1 unspecified atom stereocenters. The number of carbonyl (C=O) groups is 2. The summed E-state index contributed by atoms with van der Waals surface area (Å²) in [4.78, 5) is 24.1. The molecule has 0 heterocycles. The van der Waals surface area contributed by atoms with Crippen LogP contribution in [0.1, 0.15) is 17.3 Å². The highest BCUT2D eigenvalue weighted by Crippen LogP contribution is 2.25. The Kier molecular flexibility index (Phi) is 6.86. The predicted octanol–water partition coefficient (Wildman–Crippen LogP) is 3.55. The fourth-order valence-electron chi connectivity index (χ4n) is 2.08. The number of ketones is 1. The van der Waals surface area contributed by atoms with E-state index in [1.165, 1.54) is 13.2 Å². The van der Waals surface area contributed by atoms with Crippen molar-refractivity contribution < 1.29 is 28.5 Å². The van der Waals surface area contributed by atoms with Crippen LogP contribution in [-0.4, -0.2) is 38.7 Å². The van der Waals surface area contributed by atoms with Gasteiger partial charge in [0.05, 0.1) is 19.2 Å². The lowest BCUT2D eigenvalue weighted by atomic mass is 10.1. The summed E-state index contributed by atoms with van der Waals surface area (Å²) in [6, 6.07) is 11.4. The Balaban J connectivity index is 1.88. The minimum Gasteiger partial charge on any atom is -0.497 e. The number of halogens is 1. The van der Waals surface area contributed by atoms with Gasteiger partial charge in [-0.05, 0) is 49.4 Å². The zero-order valence-electron chi connectivity index (χ0n) is 14.7. The van der Waals surface area contributed by atoms with E-state index in [4.69, 9.17) is 30.5 Å². The molecular weight excluding hydrogens is 360 g/mol. The van der Waals surface area contributed by atoms with E-state index >= 15 is 0 Å². The second-order valence-corrected chi connectivity index (χ2v) is 5.72. The molecule has 0 aromatic heterocycles. The molecule has 2 rings (SSSR count). The number of hydrogen-bond donors (Lipinski definition) is 0. The van der Waals surface area contributed by atoms with Crippen LogP contribution in [0.3, 0.4) is 0 Å². The lowest BCUT2D eigenvalue weighted by Crippen LogP contribution is -2.28. The van der Waals surface area contributed by atoms with Crippen LogP contribution in [0, 0.1) is 0 Å². The minimum atomic E-state index is -0.865. The minimum absolute atomic E-state index is 0.306. The Morgan fingerprint density at radius 1 is 1.00 bits per heavy atom. The summed E-state index contributed by atoms with van der Waals surface area (Å²) in [5, 5.41) is 0.306. The average molecular weight is 379 g/mol. The lowest BCUT2D eigenvalue weighted by Gasteiger charge is -2.14. The number of rotatable bonds is 8. The van der Waals surface area contributed by atoms with E-state index in [1.807, 2.05) is 0 Å². The van der Waals surface area contributed by atoms with Crippen molar-refractivity contribution in [1.29, 1.82) is 0 Å². The molecular formula is C19H19ClO6. The van der Waals surface area contributed by atoms with Crippen molar-refractivity contribution in [2.45, 2.75) is 13.0 Å². The van der Waals surface area contributed by atoms with E-state index < -0.39 is 18.7 Å². The Morgan fingerprint density at radius 3 is 2.23 bits per heavy atom. The molecule has 0 saturated heterocycles. The van der Waals surface area contributed by atoms with Crippen molar-refractivity contribution in [2.24, 2.45) is 0 Å². The molecule has 26 heavy (non-hydrogen) atoms. The van der Waals surface area contributed by atoms with Gasteiger partial charge in [0.25, 0.3) is 0 Å². The molecule has 0 radical (unpaired) electrons. The van der Waals surface area contributed by atoms with Crippen LogP contribution >= 0.6 is 11.6 Å². The van der Waals surface area contributed by atoms with E-state index in [1.54, 1.807) is 50.4 Å². The largest absolute Gasteiger partial charge is 0.497 e. The number of Topliss-reactive ketones (excluding diaryl/α,β-unsaturated/α-hetero) is 1. The van der Waals surface area contributed by atoms with Gasteiger partial charge in [-0.3, -0.25) is 4.79 Å². The maximum atomic E-state index is 12.1. The van der Waals surface area contributed by atoms with Crippen molar-refractivity contribution in [2.75, 3.05) is 20.8 Å². The summed E-state index contributed by atoms with van der Waals surface area (Å²) in [5.74, 6) is 0.606. The first kappa shape index (κ1) is 19.6. The van der Waals surface area contributed by atoms with Crippen molar-refractivity contribution in [1.82, 2.24) is 0 Å². The van der Waals surface area contributed by atoms with E-state index in [-0.39, 0.29) is 5.78 Å². The Labute approximate surface area is 156 Å². The van der Waals surface area contributed by atoms with Gasteiger partial charge >= 0.3 is 5.97 Å². The quantitative estimate of drug-likeness (QED) is 0.516. The highest BCUT2D eigenvalue weighted by Gasteiger charge is 2.19. The second-order valence-electron chi connectivity index (χ2n) is 5.32. The standard InChI is InChI=1S/C19H19ClO6/c1-12(26-15-7-5-14(23-2)6-8-15)19(22)25-11-17(21)13-4-9-18(24-3)16(20)10-13/h4-10,12H,11H2,1-3H3. The van der Waals surface area contributed by atoms with E-state index in [2.05, 4.69) is 0 Å². The Morgan fingerprint density at radius 2 is 1.65 bits per heavy atom. The summed E-state index contributed by atoms with van der Waals surface area (Å²) >= 11 is 5.98. The van der Waals surface area contributed by atoms with Crippen LogP contribution in [-0.2, 0) is 9.53 Å². The Hall–Kier alpha value is -2.73. The molecule has 0 amide bonds. The van der Waals surface area contributed by atoms with Crippen LogP contribution in [0.25, 0.3) is 0 Å². The van der Waals surface area contributed by atoms with Crippen LogP contribution in [0.4, 0.5) is 0 Å². The molecule has 0 aliphatic heterocycles.